The van der Waals surface area contributed by atoms with Crippen LogP contribution in [-0.4, -0.2) is 47.3 Å². The smallest absolute Gasteiger partial charge is 0.227 e. The highest BCUT2D eigenvalue weighted by Crippen LogP contribution is 2.20. The summed E-state index contributed by atoms with van der Waals surface area (Å²) in [6.07, 6.45) is 1.69. The molecule has 6 nitrogen and oxygen atoms in total. The maximum atomic E-state index is 13.7. The number of nitrogens with zero attached hydrogens (tertiary/aromatic N) is 3. The first-order valence-electron chi connectivity index (χ1n) is 9.01. The van der Waals surface area contributed by atoms with Gasteiger partial charge in [-0.1, -0.05) is 17.3 Å². The van der Waals surface area contributed by atoms with Crippen LogP contribution in [0.15, 0.2) is 22.7 Å². The van der Waals surface area contributed by atoms with E-state index in [1.54, 1.807) is 19.1 Å². The van der Waals surface area contributed by atoms with Crippen LogP contribution in [0.2, 0.25) is 0 Å². The van der Waals surface area contributed by atoms with Crippen molar-refractivity contribution >= 4 is 5.91 Å². The van der Waals surface area contributed by atoms with E-state index in [9.17, 15) is 9.18 Å². The number of carbonyl (C=O) groups is 1. The molecular weight excluding hydrogens is 337 g/mol. The highest BCUT2D eigenvalue weighted by atomic mass is 19.1. The number of aryl methyl sites for hydroxylation is 2. The Hall–Kier alpha value is -2.28. The summed E-state index contributed by atoms with van der Waals surface area (Å²) in [6.45, 7) is 6.58. The zero-order chi connectivity index (χ0) is 18.5. The lowest BCUT2D eigenvalue weighted by Gasteiger charge is -2.23. The van der Waals surface area contributed by atoms with Crippen LogP contribution in [0.3, 0.4) is 0 Å². The Morgan fingerprint density at radius 2 is 2.27 bits per heavy atom. The molecule has 1 fully saturated rings. The summed E-state index contributed by atoms with van der Waals surface area (Å²) in [5.74, 6) is 0.903. The molecule has 1 aromatic carbocycles. The second-order valence-electron chi connectivity index (χ2n) is 6.64. The Labute approximate surface area is 152 Å². The molecule has 3 rings (SSSR count). The predicted molar refractivity (Wildman–Crippen MR) is 93.9 cm³/mol. The van der Waals surface area contributed by atoms with Crippen molar-refractivity contribution < 1.29 is 18.4 Å². The first kappa shape index (κ1) is 18.5. The molecule has 0 N–H and O–H groups in total. The van der Waals surface area contributed by atoms with Gasteiger partial charge in [-0.25, -0.2) is 4.39 Å². The third-order valence-corrected chi connectivity index (χ3v) is 4.69. The summed E-state index contributed by atoms with van der Waals surface area (Å²) in [6, 6.07) is 4.81. The highest BCUT2D eigenvalue weighted by Gasteiger charge is 2.22. The van der Waals surface area contributed by atoms with E-state index in [0.29, 0.717) is 48.1 Å². The van der Waals surface area contributed by atoms with Gasteiger partial charge in [0.05, 0.1) is 6.61 Å². The summed E-state index contributed by atoms with van der Waals surface area (Å²) in [5, 5.41) is 3.89. The van der Waals surface area contributed by atoms with E-state index in [1.165, 1.54) is 6.07 Å². The lowest BCUT2D eigenvalue weighted by molar-refractivity contribution is -0.131. The minimum atomic E-state index is -0.307. The molecule has 1 saturated heterocycles. The number of rotatable bonds is 7. The molecule has 0 bridgehead atoms. The molecule has 0 saturated carbocycles. The van der Waals surface area contributed by atoms with Crippen LogP contribution in [0, 0.1) is 18.7 Å². The number of amides is 1. The molecule has 2 heterocycles. The van der Waals surface area contributed by atoms with Gasteiger partial charge >= 0.3 is 0 Å². The zero-order valence-corrected chi connectivity index (χ0v) is 15.2. The van der Waals surface area contributed by atoms with Gasteiger partial charge in [-0.3, -0.25) is 4.79 Å². The third kappa shape index (κ3) is 4.46. The molecule has 2 aromatic rings. The summed E-state index contributed by atoms with van der Waals surface area (Å²) in [5.41, 5.74) is 1.13. The topological polar surface area (TPSA) is 68.5 Å². The molecule has 140 valence electrons. The molecule has 1 atom stereocenters. The van der Waals surface area contributed by atoms with Gasteiger partial charge in [-0.2, -0.15) is 4.98 Å². The molecule has 0 radical (unpaired) electrons. The minimum absolute atomic E-state index is 0.0699. The zero-order valence-electron chi connectivity index (χ0n) is 15.2. The number of benzene rings is 1. The first-order valence-corrected chi connectivity index (χ1v) is 9.01. The summed E-state index contributed by atoms with van der Waals surface area (Å²) in [4.78, 5) is 18.6. The number of hydrogen-bond acceptors (Lipinski definition) is 5. The Kier molecular flexibility index (Phi) is 5.98. The highest BCUT2D eigenvalue weighted by molar-refractivity contribution is 5.76. The van der Waals surface area contributed by atoms with Gasteiger partial charge < -0.3 is 14.2 Å². The van der Waals surface area contributed by atoms with Gasteiger partial charge in [0.2, 0.25) is 17.6 Å². The third-order valence-electron chi connectivity index (χ3n) is 4.69. The van der Waals surface area contributed by atoms with E-state index in [-0.39, 0.29) is 11.7 Å². The Bertz CT molecular complexity index is 756. The average molecular weight is 361 g/mol. The van der Waals surface area contributed by atoms with Crippen LogP contribution >= 0.6 is 0 Å². The van der Waals surface area contributed by atoms with Crippen molar-refractivity contribution in [2.45, 2.75) is 33.1 Å². The fourth-order valence-corrected chi connectivity index (χ4v) is 3.02. The second kappa shape index (κ2) is 8.40. The second-order valence-corrected chi connectivity index (χ2v) is 6.64. The van der Waals surface area contributed by atoms with Crippen LogP contribution in [0.25, 0.3) is 11.4 Å². The molecule has 1 unspecified atom stereocenters. The molecule has 1 aliphatic heterocycles. The van der Waals surface area contributed by atoms with Crippen LogP contribution < -0.4 is 0 Å². The minimum Gasteiger partial charge on any atom is -0.381 e. The maximum absolute atomic E-state index is 13.7. The summed E-state index contributed by atoms with van der Waals surface area (Å²) < 4.78 is 24.3. The Morgan fingerprint density at radius 3 is 2.96 bits per heavy atom. The van der Waals surface area contributed by atoms with Crippen molar-refractivity contribution in [3.63, 3.8) is 0 Å². The van der Waals surface area contributed by atoms with Crippen LogP contribution in [-0.2, 0) is 16.0 Å². The van der Waals surface area contributed by atoms with E-state index in [2.05, 4.69) is 10.1 Å². The van der Waals surface area contributed by atoms with E-state index in [1.807, 2.05) is 11.8 Å². The van der Waals surface area contributed by atoms with E-state index in [4.69, 9.17) is 9.26 Å². The van der Waals surface area contributed by atoms with E-state index >= 15 is 0 Å². The van der Waals surface area contributed by atoms with Gasteiger partial charge in [0.1, 0.15) is 5.82 Å². The monoisotopic (exact) mass is 361 g/mol. The van der Waals surface area contributed by atoms with E-state index in [0.717, 1.165) is 26.2 Å². The molecule has 1 aliphatic rings. The van der Waals surface area contributed by atoms with Gasteiger partial charge in [0.15, 0.2) is 0 Å². The lowest BCUT2D eigenvalue weighted by Crippen LogP contribution is -2.35. The summed E-state index contributed by atoms with van der Waals surface area (Å²) >= 11 is 0. The van der Waals surface area contributed by atoms with Crippen molar-refractivity contribution in [2.24, 2.45) is 5.92 Å². The predicted octanol–water partition coefficient (Wildman–Crippen LogP) is 3.00. The number of hydrogen-bond donors (Lipinski definition) is 0. The quantitative estimate of drug-likeness (QED) is 0.758. The molecule has 0 aliphatic carbocycles. The molecule has 1 aromatic heterocycles. The average Bonchev–Trinajstić information content (AvgIpc) is 3.31. The van der Waals surface area contributed by atoms with Gasteiger partial charge in [-0.15, -0.1) is 0 Å². The fourth-order valence-electron chi connectivity index (χ4n) is 3.02. The van der Waals surface area contributed by atoms with Gasteiger partial charge in [0.25, 0.3) is 0 Å². The fraction of sp³-hybridized carbons (Fsp3) is 0.526. The van der Waals surface area contributed by atoms with Crippen LogP contribution in [0.1, 0.15) is 31.2 Å². The standard InChI is InChI=1S/C19H24FN3O3/c1-3-23(11-14-8-9-25-12-14)18(24)7-6-17-21-19(22-26-17)15-5-4-13(2)16(20)10-15/h4-5,10,14H,3,6-9,11-12H2,1-2H3. The van der Waals surface area contributed by atoms with Crippen molar-refractivity contribution in [2.75, 3.05) is 26.3 Å². The number of ether oxygens (including phenoxy) is 1. The number of halogens is 1. The normalized spacial score (nSPS) is 16.8. The molecule has 26 heavy (non-hydrogen) atoms. The number of carbonyl (C=O) groups excluding carboxylic acids is 1. The molecule has 0 spiro atoms. The van der Waals surface area contributed by atoms with Crippen molar-refractivity contribution in [1.82, 2.24) is 15.0 Å². The van der Waals surface area contributed by atoms with Crippen molar-refractivity contribution in [1.29, 1.82) is 0 Å². The van der Waals surface area contributed by atoms with Crippen LogP contribution in [0.5, 0.6) is 0 Å². The van der Waals surface area contributed by atoms with Gasteiger partial charge in [-0.05, 0) is 31.9 Å². The Morgan fingerprint density at radius 1 is 1.42 bits per heavy atom. The first-order chi connectivity index (χ1) is 12.6. The summed E-state index contributed by atoms with van der Waals surface area (Å²) in [7, 11) is 0. The molecule has 7 heteroatoms. The van der Waals surface area contributed by atoms with Crippen molar-refractivity contribution in [3.05, 3.63) is 35.5 Å². The lowest BCUT2D eigenvalue weighted by atomic mass is 10.1. The van der Waals surface area contributed by atoms with E-state index < -0.39 is 0 Å². The Balaban J connectivity index is 1.56. The van der Waals surface area contributed by atoms with Crippen molar-refractivity contribution in [3.8, 4) is 11.4 Å². The maximum Gasteiger partial charge on any atom is 0.227 e. The van der Waals surface area contributed by atoms with Crippen LogP contribution in [0.4, 0.5) is 4.39 Å². The largest absolute Gasteiger partial charge is 0.381 e. The number of aromatic nitrogens is 2. The van der Waals surface area contributed by atoms with Gasteiger partial charge in [0, 0.05) is 44.0 Å². The SMILES string of the molecule is CCN(CC1CCOC1)C(=O)CCc1nc(-c2ccc(C)c(F)c2)no1. The molecule has 1 amide bonds. The molecular formula is C19H24FN3O3.